The first-order valence-corrected chi connectivity index (χ1v) is 10.5. The predicted molar refractivity (Wildman–Crippen MR) is 122 cm³/mol. The van der Waals surface area contributed by atoms with Crippen molar-refractivity contribution in [1.82, 2.24) is 5.32 Å². The molecule has 2 amide bonds. The molecule has 0 saturated carbocycles. The van der Waals surface area contributed by atoms with Crippen molar-refractivity contribution >= 4 is 63.3 Å². The van der Waals surface area contributed by atoms with Crippen LogP contribution in [0.5, 0.6) is 5.75 Å². The van der Waals surface area contributed by atoms with Gasteiger partial charge in [-0.25, -0.2) is 0 Å². The summed E-state index contributed by atoms with van der Waals surface area (Å²) in [4.78, 5) is 24.5. The Morgan fingerprint density at radius 2 is 1.97 bits per heavy atom. The molecule has 10 heteroatoms. The number of methoxy groups -OCH3 is 1. The third kappa shape index (κ3) is 5.53. The van der Waals surface area contributed by atoms with Crippen LogP contribution in [0.15, 0.2) is 52.7 Å². The topological polar surface area (TPSA) is 92.2 Å². The minimum Gasteiger partial charge on any atom is -0.497 e. The molecule has 7 nitrogen and oxygen atoms in total. The summed E-state index contributed by atoms with van der Waals surface area (Å²) >= 11 is 13.2. The number of nitrogens with one attached hydrogen (secondary N) is 2. The lowest BCUT2D eigenvalue weighted by molar-refractivity contribution is -0.122. The van der Waals surface area contributed by atoms with Gasteiger partial charge in [0.15, 0.2) is 5.17 Å². The fraction of sp³-hybridized carbons (Fsp3) is 0.200. The molecule has 3 rings (SSSR count). The van der Waals surface area contributed by atoms with Crippen molar-refractivity contribution in [2.75, 3.05) is 12.4 Å². The molecule has 1 saturated heterocycles. The molecule has 156 valence electrons. The molecule has 1 aliphatic rings. The van der Waals surface area contributed by atoms with Crippen LogP contribution in [-0.4, -0.2) is 35.1 Å². The van der Waals surface area contributed by atoms with Gasteiger partial charge in [0.25, 0.3) is 0 Å². The van der Waals surface area contributed by atoms with Crippen molar-refractivity contribution in [1.29, 1.82) is 0 Å². The van der Waals surface area contributed by atoms with Gasteiger partial charge >= 0.3 is 0 Å². The van der Waals surface area contributed by atoms with Crippen LogP contribution in [0.3, 0.4) is 0 Å². The second kappa shape index (κ2) is 9.97. The normalized spacial score (nSPS) is 17.7. The monoisotopic (exact) mass is 464 g/mol. The van der Waals surface area contributed by atoms with E-state index < -0.39 is 5.25 Å². The Labute approximate surface area is 187 Å². The number of hydrogen-bond acceptors (Lipinski definition) is 6. The lowest BCUT2D eigenvalue weighted by Gasteiger charge is -2.09. The van der Waals surface area contributed by atoms with Crippen molar-refractivity contribution in [2.24, 2.45) is 10.2 Å². The van der Waals surface area contributed by atoms with Crippen molar-refractivity contribution in [3.05, 3.63) is 58.1 Å². The number of benzene rings is 2. The van der Waals surface area contributed by atoms with Crippen LogP contribution in [0.2, 0.25) is 10.0 Å². The molecule has 2 N–H and O–H groups in total. The average Bonchev–Trinajstić information content (AvgIpc) is 3.08. The fourth-order valence-electron chi connectivity index (χ4n) is 2.57. The quantitative estimate of drug-likeness (QED) is 0.491. The van der Waals surface area contributed by atoms with E-state index in [1.54, 1.807) is 25.3 Å². The van der Waals surface area contributed by atoms with Crippen molar-refractivity contribution in [3.8, 4) is 5.75 Å². The predicted octanol–water partition coefficient (Wildman–Crippen LogP) is 4.34. The number of carbonyl (C=O) groups excluding carboxylic acids is 2. The molecule has 1 fully saturated rings. The minimum absolute atomic E-state index is 0.0421. The van der Waals surface area contributed by atoms with Crippen LogP contribution in [0.25, 0.3) is 0 Å². The number of halogens is 2. The lowest BCUT2D eigenvalue weighted by atomic mass is 10.1. The number of nitrogens with zero attached hydrogens (tertiary/aromatic N) is 2. The number of carbonyl (C=O) groups is 2. The molecule has 1 aliphatic heterocycles. The minimum atomic E-state index is -0.613. The standard InChI is InChI=1S/C20H18Cl2N4O3S/c1-11(12-6-8-13(29-2)9-7-12)25-26-20-24-19(28)16(30-20)10-17(27)23-15-5-3-4-14(21)18(15)22/h3-9,16H,10H2,1-2H3,(H,23,27)(H,24,26,28)/t16-/m0/s1. The van der Waals surface area contributed by atoms with Crippen LogP contribution in [0.4, 0.5) is 5.69 Å². The molecule has 0 bridgehead atoms. The molecular weight excluding hydrogens is 447 g/mol. The number of amidine groups is 1. The van der Waals surface area contributed by atoms with Crippen LogP contribution >= 0.6 is 35.0 Å². The van der Waals surface area contributed by atoms with Gasteiger partial charge in [0.2, 0.25) is 11.8 Å². The SMILES string of the molecule is COc1ccc(C(C)=NN=C2NC(=O)[C@H](CC(=O)Nc3cccc(Cl)c3Cl)S2)cc1. The van der Waals surface area contributed by atoms with Crippen molar-refractivity contribution in [3.63, 3.8) is 0 Å². The van der Waals surface area contributed by atoms with Crippen LogP contribution in [0.1, 0.15) is 18.9 Å². The summed E-state index contributed by atoms with van der Waals surface area (Å²) in [5.41, 5.74) is 1.95. The second-order valence-electron chi connectivity index (χ2n) is 6.27. The third-order valence-electron chi connectivity index (χ3n) is 4.17. The van der Waals surface area contributed by atoms with Crippen LogP contribution < -0.4 is 15.4 Å². The maximum Gasteiger partial charge on any atom is 0.240 e. The highest BCUT2D eigenvalue weighted by Crippen LogP contribution is 2.30. The molecule has 1 atom stereocenters. The molecule has 2 aromatic carbocycles. The van der Waals surface area contributed by atoms with E-state index in [1.807, 2.05) is 31.2 Å². The first kappa shape index (κ1) is 22.1. The highest BCUT2D eigenvalue weighted by atomic mass is 35.5. The van der Waals surface area contributed by atoms with Gasteiger partial charge in [0, 0.05) is 6.42 Å². The molecule has 1 heterocycles. The zero-order valence-corrected chi connectivity index (χ0v) is 18.4. The van der Waals surface area contributed by atoms with E-state index in [4.69, 9.17) is 27.9 Å². The number of amides is 2. The summed E-state index contributed by atoms with van der Waals surface area (Å²) in [5, 5.41) is 13.9. The molecule has 0 aliphatic carbocycles. The summed E-state index contributed by atoms with van der Waals surface area (Å²) in [5.74, 6) is 0.0889. The summed E-state index contributed by atoms with van der Waals surface area (Å²) in [6, 6.07) is 12.3. The highest BCUT2D eigenvalue weighted by molar-refractivity contribution is 8.15. The number of hydrogen-bond donors (Lipinski definition) is 2. The Hall–Kier alpha value is -2.55. The molecule has 0 aromatic heterocycles. The van der Waals surface area contributed by atoms with Gasteiger partial charge in [-0.15, -0.1) is 5.10 Å². The Morgan fingerprint density at radius 1 is 1.23 bits per heavy atom. The Balaban J connectivity index is 1.61. The molecule has 0 unspecified atom stereocenters. The van der Waals surface area contributed by atoms with E-state index in [9.17, 15) is 9.59 Å². The van der Waals surface area contributed by atoms with E-state index in [0.717, 1.165) is 23.1 Å². The maximum atomic E-state index is 12.3. The number of thioether (sulfide) groups is 1. The van der Waals surface area contributed by atoms with E-state index in [-0.39, 0.29) is 23.3 Å². The van der Waals surface area contributed by atoms with E-state index in [1.165, 1.54) is 0 Å². The van der Waals surface area contributed by atoms with Gasteiger partial charge in [-0.1, -0.05) is 41.0 Å². The molecule has 0 spiro atoms. The lowest BCUT2D eigenvalue weighted by Crippen LogP contribution is -2.28. The third-order valence-corrected chi connectivity index (χ3v) is 6.06. The number of ether oxygens (including phenoxy) is 1. The average molecular weight is 465 g/mol. The highest BCUT2D eigenvalue weighted by Gasteiger charge is 2.32. The van der Waals surface area contributed by atoms with Gasteiger partial charge in [0.1, 0.15) is 11.0 Å². The van der Waals surface area contributed by atoms with Crippen molar-refractivity contribution in [2.45, 2.75) is 18.6 Å². The summed E-state index contributed by atoms with van der Waals surface area (Å²) in [6.45, 7) is 1.81. The van der Waals surface area contributed by atoms with Crippen LogP contribution in [-0.2, 0) is 9.59 Å². The van der Waals surface area contributed by atoms with E-state index >= 15 is 0 Å². The Kier molecular flexibility index (Phi) is 7.36. The van der Waals surface area contributed by atoms with Gasteiger partial charge in [-0.3, -0.25) is 9.59 Å². The van der Waals surface area contributed by atoms with Crippen molar-refractivity contribution < 1.29 is 14.3 Å². The molecule has 2 aromatic rings. The summed E-state index contributed by atoms with van der Waals surface area (Å²) in [7, 11) is 1.60. The Bertz CT molecular complexity index is 1030. The number of anilines is 1. The number of rotatable bonds is 6. The van der Waals surface area contributed by atoms with E-state index in [2.05, 4.69) is 20.8 Å². The first-order chi connectivity index (χ1) is 14.4. The Morgan fingerprint density at radius 3 is 2.67 bits per heavy atom. The first-order valence-electron chi connectivity index (χ1n) is 8.85. The summed E-state index contributed by atoms with van der Waals surface area (Å²) in [6.07, 6.45) is -0.0421. The van der Waals surface area contributed by atoms with E-state index in [0.29, 0.717) is 21.6 Å². The van der Waals surface area contributed by atoms with Gasteiger partial charge < -0.3 is 15.4 Å². The largest absolute Gasteiger partial charge is 0.497 e. The molecular formula is C20H18Cl2N4O3S. The van der Waals surface area contributed by atoms with Gasteiger partial charge in [-0.05, 0) is 48.9 Å². The summed E-state index contributed by atoms with van der Waals surface area (Å²) < 4.78 is 5.13. The smallest absolute Gasteiger partial charge is 0.240 e. The zero-order chi connectivity index (χ0) is 21.7. The maximum absolute atomic E-state index is 12.3. The molecule has 30 heavy (non-hydrogen) atoms. The molecule has 0 radical (unpaired) electrons. The zero-order valence-electron chi connectivity index (χ0n) is 16.1. The fourth-order valence-corrected chi connectivity index (χ4v) is 3.83. The van der Waals surface area contributed by atoms with Gasteiger partial charge in [-0.2, -0.15) is 5.10 Å². The van der Waals surface area contributed by atoms with Gasteiger partial charge in [0.05, 0.1) is 28.6 Å². The second-order valence-corrected chi connectivity index (χ2v) is 8.25. The van der Waals surface area contributed by atoms with Crippen LogP contribution in [0, 0.1) is 0 Å².